The number of rotatable bonds is 29. The monoisotopic (exact) mass is 604 g/mol. The molecule has 0 aliphatic carbocycles. The Bertz CT molecular complexity index is 576. The smallest absolute Gasteiger partial charge is 0.186 e. The molecule has 6 N–H and O–H groups in total. The first-order valence-electron chi connectivity index (χ1n) is 17.6. The first-order valence-corrected chi connectivity index (χ1v) is 17.6. The first kappa shape index (κ1) is 39.7. The van der Waals surface area contributed by atoms with E-state index in [1.807, 2.05) is 6.92 Å². The van der Waals surface area contributed by atoms with Crippen LogP contribution >= 0.6 is 0 Å². The molecule has 1 saturated heterocycles. The van der Waals surface area contributed by atoms with Crippen LogP contribution in [0.25, 0.3) is 0 Å². The zero-order valence-corrected chi connectivity index (χ0v) is 26.9. The molecule has 1 aliphatic heterocycles. The second-order valence-corrected chi connectivity index (χ2v) is 12.9. The molecule has 252 valence electrons. The van der Waals surface area contributed by atoms with Crippen molar-refractivity contribution >= 4 is 0 Å². The SMILES string of the molecule is C[C@H](O)CCCCCCCCCCCCCCCCCCCCCCC[C@@H](O)CCO[C@H]1OC(CO)[C@@H](O)C(O)[C@@H]1O. The van der Waals surface area contributed by atoms with E-state index in [0.717, 1.165) is 19.3 Å². The Balaban J connectivity index is 1.78. The highest BCUT2D eigenvalue weighted by Crippen LogP contribution is 2.22. The van der Waals surface area contributed by atoms with Crippen molar-refractivity contribution in [2.24, 2.45) is 0 Å². The maximum Gasteiger partial charge on any atom is 0.186 e. The van der Waals surface area contributed by atoms with Gasteiger partial charge in [0, 0.05) is 0 Å². The molecule has 0 spiro atoms. The summed E-state index contributed by atoms with van der Waals surface area (Å²) in [5.74, 6) is 0. The first-order chi connectivity index (χ1) is 20.4. The molecule has 0 aromatic heterocycles. The van der Waals surface area contributed by atoms with Gasteiger partial charge >= 0.3 is 0 Å². The number of hydrogen-bond donors (Lipinski definition) is 6. The third-order valence-electron chi connectivity index (χ3n) is 8.74. The lowest BCUT2D eigenvalue weighted by molar-refractivity contribution is -0.301. The van der Waals surface area contributed by atoms with Crippen LogP contribution in [0.1, 0.15) is 161 Å². The molecule has 1 aliphatic rings. The third kappa shape index (κ3) is 20.6. The fraction of sp³-hybridized carbons (Fsp3) is 1.00. The average molecular weight is 605 g/mol. The Morgan fingerprint density at radius 2 is 0.905 bits per heavy atom. The number of aliphatic hydroxyl groups is 6. The minimum absolute atomic E-state index is 0.131. The number of ether oxygens (including phenoxy) is 2. The van der Waals surface area contributed by atoms with Gasteiger partial charge in [0.25, 0.3) is 0 Å². The molecule has 0 amide bonds. The van der Waals surface area contributed by atoms with Crippen molar-refractivity contribution in [3.8, 4) is 0 Å². The standard InChI is InChI=1S/C34H68O8/c1-28(36)23-21-19-17-15-13-11-9-7-5-3-2-4-6-8-10-12-14-16-18-20-22-24-29(37)25-26-41-34-33(40)32(39)31(38)30(27-35)42-34/h28-40H,2-27H2,1H3/t28-,29+,30?,31+,32?,33-,34-/m0/s1. The summed E-state index contributed by atoms with van der Waals surface area (Å²) in [5.41, 5.74) is 0. The van der Waals surface area contributed by atoms with Crippen LogP contribution in [-0.4, -0.2) is 86.8 Å². The van der Waals surface area contributed by atoms with Gasteiger partial charge < -0.3 is 40.1 Å². The minimum Gasteiger partial charge on any atom is -0.394 e. The maximum atomic E-state index is 10.2. The molecule has 8 nitrogen and oxygen atoms in total. The van der Waals surface area contributed by atoms with Gasteiger partial charge in [0.05, 0.1) is 25.4 Å². The summed E-state index contributed by atoms with van der Waals surface area (Å²) in [6, 6.07) is 0. The molecular formula is C34H68O8. The fourth-order valence-electron chi connectivity index (χ4n) is 5.85. The van der Waals surface area contributed by atoms with Gasteiger partial charge in [-0.15, -0.1) is 0 Å². The zero-order valence-electron chi connectivity index (χ0n) is 26.9. The van der Waals surface area contributed by atoms with Crippen molar-refractivity contribution in [3.05, 3.63) is 0 Å². The molecule has 1 rings (SSSR count). The van der Waals surface area contributed by atoms with E-state index in [2.05, 4.69) is 0 Å². The van der Waals surface area contributed by atoms with Crippen molar-refractivity contribution in [2.45, 2.75) is 204 Å². The molecule has 0 aromatic rings. The Labute approximate surface area is 257 Å². The van der Waals surface area contributed by atoms with Crippen LogP contribution in [0.4, 0.5) is 0 Å². The number of unbranched alkanes of at least 4 members (excludes halogenated alkanes) is 20. The van der Waals surface area contributed by atoms with Crippen LogP contribution < -0.4 is 0 Å². The highest BCUT2D eigenvalue weighted by Gasteiger charge is 2.43. The summed E-state index contributed by atoms with van der Waals surface area (Å²) in [6.07, 6.45) is 22.7. The van der Waals surface area contributed by atoms with Crippen molar-refractivity contribution in [3.63, 3.8) is 0 Å². The van der Waals surface area contributed by atoms with Gasteiger partial charge in [-0.2, -0.15) is 0 Å². The number of hydrogen-bond acceptors (Lipinski definition) is 8. The minimum atomic E-state index is -1.44. The molecule has 0 bridgehead atoms. The van der Waals surface area contributed by atoms with E-state index in [-0.39, 0.29) is 12.7 Å². The molecule has 2 unspecified atom stereocenters. The average Bonchev–Trinajstić information content (AvgIpc) is 2.97. The van der Waals surface area contributed by atoms with Gasteiger partial charge in [0.1, 0.15) is 24.4 Å². The summed E-state index contributed by atoms with van der Waals surface area (Å²) < 4.78 is 10.8. The third-order valence-corrected chi connectivity index (χ3v) is 8.74. The van der Waals surface area contributed by atoms with Crippen LogP contribution in [-0.2, 0) is 9.47 Å². The van der Waals surface area contributed by atoms with Crippen molar-refractivity contribution in [2.75, 3.05) is 13.2 Å². The fourth-order valence-corrected chi connectivity index (χ4v) is 5.85. The molecular weight excluding hydrogens is 536 g/mol. The predicted molar refractivity (Wildman–Crippen MR) is 168 cm³/mol. The van der Waals surface area contributed by atoms with Gasteiger partial charge in [-0.25, -0.2) is 0 Å². The Morgan fingerprint density at radius 1 is 0.524 bits per heavy atom. The summed E-state index contributed by atoms with van der Waals surface area (Å²) in [5, 5.41) is 58.3. The molecule has 7 atom stereocenters. The Morgan fingerprint density at radius 3 is 1.29 bits per heavy atom. The molecule has 0 saturated carbocycles. The second-order valence-electron chi connectivity index (χ2n) is 12.9. The van der Waals surface area contributed by atoms with E-state index in [9.17, 15) is 30.6 Å². The molecule has 42 heavy (non-hydrogen) atoms. The van der Waals surface area contributed by atoms with Gasteiger partial charge in [-0.3, -0.25) is 0 Å². The molecule has 1 heterocycles. The van der Waals surface area contributed by atoms with Crippen molar-refractivity contribution < 1.29 is 40.1 Å². The van der Waals surface area contributed by atoms with Crippen LogP contribution in [0.2, 0.25) is 0 Å². The lowest BCUT2D eigenvalue weighted by Gasteiger charge is -2.39. The van der Waals surface area contributed by atoms with E-state index in [4.69, 9.17) is 9.47 Å². The van der Waals surface area contributed by atoms with E-state index < -0.39 is 43.4 Å². The molecule has 0 radical (unpaired) electrons. The van der Waals surface area contributed by atoms with Crippen LogP contribution in [0.15, 0.2) is 0 Å². The lowest BCUT2D eigenvalue weighted by Crippen LogP contribution is -2.59. The van der Waals surface area contributed by atoms with E-state index in [0.29, 0.717) is 12.8 Å². The Kier molecular flexibility index (Phi) is 25.6. The van der Waals surface area contributed by atoms with Crippen molar-refractivity contribution in [1.82, 2.24) is 0 Å². The van der Waals surface area contributed by atoms with Gasteiger partial charge in [0.15, 0.2) is 6.29 Å². The van der Waals surface area contributed by atoms with Gasteiger partial charge in [0.2, 0.25) is 0 Å². The van der Waals surface area contributed by atoms with E-state index >= 15 is 0 Å². The highest BCUT2D eigenvalue weighted by atomic mass is 16.7. The predicted octanol–water partition coefficient (Wildman–Crippen LogP) is 5.91. The highest BCUT2D eigenvalue weighted by molar-refractivity contribution is 4.88. The van der Waals surface area contributed by atoms with Crippen LogP contribution in [0, 0.1) is 0 Å². The second kappa shape index (κ2) is 27.0. The normalized spacial score (nSPS) is 24.2. The van der Waals surface area contributed by atoms with Crippen LogP contribution in [0.3, 0.4) is 0 Å². The van der Waals surface area contributed by atoms with Gasteiger partial charge in [-0.1, -0.05) is 135 Å². The van der Waals surface area contributed by atoms with Gasteiger partial charge in [-0.05, 0) is 26.2 Å². The molecule has 1 fully saturated rings. The largest absolute Gasteiger partial charge is 0.394 e. The van der Waals surface area contributed by atoms with E-state index in [1.165, 1.54) is 122 Å². The summed E-state index contributed by atoms with van der Waals surface area (Å²) in [7, 11) is 0. The summed E-state index contributed by atoms with van der Waals surface area (Å²) in [4.78, 5) is 0. The topological polar surface area (TPSA) is 140 Å². The quantitative estimate of drug-likeness (QED) is 0.0580. The summed E-state index contributed by atoms with van der Waals surface area (Å²) in [6.45, 7) is 1.56. The molecule has 8 heteroatoms. The Hall–Kier alpha value is -0.320. The maximum absolute atomic E-state index is 10.2. The molecule has 0 aromatic carbocycles. The van der Waals surface area contributed by atoms with Crippen molar-refractivity contribution in [1.29, 1.82) is 0 Å². The lowest BCUT2D eigenvalue weighted by atomic mass is 9.99. The van der Waals surface area contributed by atoms with E-state index in [1.54, 1.807) is 0 Å². The number of aliphatic hydroxyl groups excluding tert-OH is 6. The zero-order chi connectivity index (χ0) is 30.8. The summed E-state index contributed by atoms with van der Waals surface area (Å²) >= 11 is 0. The van der Waals surface area contributed by atoms with Crippen LogP contribution in [0.5, 0.6) is 0 Å².